The molecule has 1 unspecified atom stereocenters. The summed E-state index contributed by atoms with van der Waals surface area (Å²) in [6.07, 6.45) is -1.41. The number of nitrogens with zero attached hydrogens (tertiary/aromatic N) is 2. The minimum atomic E-state index is -4.36. The maximum Gasteiger partial charge on any atom is 0.416 e. The van der Waals surface area contributed by atoms with Crippen LogP contribution in [-0.4, -0.2) is 57.9 Å². The van der Waals surface area contributed by atoms with Gasteiger partial charge in [0.2, 0.25) is 0 Å². The Hall–Kier alpha value is -1.80. The van der Waals surface area contributed by atoms with Crippen molar-refractivity contribution in [3.8, 4) is 0 Å². The summed E-state index contributed by atoms with van der Waals surface area (Å²) in [6.45, 7) is 3.13. The first-order chi connectivity index (χ1) is 13.4. The maximum atomic E-state index is 13.0. The van der Waals surface area contributed by atoms with Crippen LogP contribution in [0.1, 0.15) is 36.5 Å². The number of ether oxygens (including phenoxy) is 2. The molecule has 0 bridgehead atoms. The highest BCUT2D eigenvalue weighted by Gasteiger charge is 2.42. The number of nitrogens with one attached hydrogen (secondary N) is 1. The third kappa shape index (κ3) is 5.17. The molecule has 156 valence electrons. The lowest BCUT2D eigenvalue weighted by atomic mass is 10.0. The van der Waals surface area contributed by atoms with Crippen LogP contribution in [-0.2, 0) is 15.7 Å². The summed E-state index contributed by atoms with van der Waals surface area (Å²) >= 11 is 0. The van der Waals surface area contributed by atoms with E-state index < -0.39 is 17.8 Å². The zero-order valence-electron chi connectivity index (χ0n) is 16.4. The molecule has 0 spiro atoms. The van der Waals surface area contributed by atoms with Gasteiger partial charge in [-0.3, -0.25) is 4.99 Å². The van der Waals surface area contributed by atoms with Crippen LogP contribution in [0.5, 0.6) is 0 Å². The van der Waals surface area contributed by atoms with Gasteiger partial charge in [-0.15, -0.1) is 0 Å². The van der Waals surface area contributed by atoms with E-state index in [0.717, 1.165) is 31.6 Å². The second-order valence-corrected chi connectivity index (χ2v) is 7.57. The molecule has 2 fully saturated rings. The molecule has 3 rings (SSSR count). The van der Waals surface area contributed by atoms with E-state index in [-0.39, 0.29) is 5.41 Å². The molecular weight excluding hydrogens is 371 g/mol. The highest BCUT2D eigenvalue weighted by molar-refractivity contribution is 5.80. The lowest BCUT2D eigenvalue weighted by Crippen LogP contribution is -2.49. The molecule has 0 aromatic heterocycles. The van der Waals surface area contributed by atoms with Crippen LogP contribution in [0.2, 0.25) is 0 Å². The van der Waals surface area contributed by atoms with Crippen molar-refractivity contribution in [2.24, 2.45) is 10.4 Å². The van der Waals surface area contributed by atoms with Gasteiger partial charge in [0.15, 0.2) is 5.96 Å². The first-order valence-electron chi connectivity index (χ1n) is 9.60. The molecule has 1 saturated carbocycles. The Bertz CT molecular complexity index is 690. The summed E-state index contributed by atoms with van der Waals surface area (Å²) in [7, 11) is 3.44. The quantitative estimate of drug-likeness (QED) is 0.588. The van der Waals surface area contributed by atoms with Gasteiger partial charge in [-0.05, 0) is 42.4 Å². The van der Waals surface area contributed by atoms with E-state index in [1.54, 1.807) is 20.2 Å². The van der Waals surface area contributed by atoms with E-state index in [0.29, 0.717) is 25.3 Å². The van der Waals surface area contributed by atoms with Crippen LogP contribution in [0, 0.1) is 5.41 Å². The van der Waals surface area contributed by atoms with Crippen molar-refractivity contribution in [3.05, 3.63) is 35.4 Å². The fourth-order valence-corrected chi connectivity index (χ4v) is 3.57. The Morgan fingerprint density at radius 3 is 2.82 bits per heavy atom. The van der Waals surface area contributed by atoms with Crippen molar-refractivity contribution >= 4 is 5.96 Å². The molecular formula is C20H28F3N3O2. The van der Waals surface area contributed by atoms with Crippen LogP contribution < -0.4 is 5.32 Å². The molecule has 1 aromatic carbocycles. The zero-order chi connectivity index (χ0) is 20.2. The molecule has 8 heteroatoms. The number of halogens is 3. The van der Waals surface area contributed by atoms with Crippen molar-refractivity contribution in [3.63, 3.8) is 0 Å². The Balaban J connectivity index is 1.62. The number of rotatable bonds is 6. The van der Waals surface area contributed by atoms with E-state index >= 15 is 0 Å². The number of morpholine rings is 1. The van der Waals surface area contributed by atoms with Crippen molar-refractivity contribution in [2.45, 2.75) is 31.5 Å². The van der Waals surface area contributed by atoms with Crippen LogP contribution in [0.15, 0.2) is 29.3 Å². The molecule has 1 saturated heterocycles. The van der Waals surface area contributed by atoms with Gasteiger partial charge in [0.25, 0.3) is 0 Å². The maximum absolute atomic E-state index is 13.0. The van der Waals surface area contributed by atoms with Crippen molar-refractivity contribution < 1.29 is 22.6 Å². The standard InChI is InChI=1S/C20H28F3N3O2/c1-24-18(25-14-19(6-7-19)8-10-27-2)26-9-11-28-17(13-26)15-4-3-5-16(12-15)20(21,22)23/h3-5,12,17H,6-11,13-14H2,1-2H3,(H,24,25). The average molecular weight is 399 g/mol. The summed E-state index contributed by atoms with van der Waals surface area (Å²) in [5, 5.41) is 3.44. The third-order valence-electron chi connectivity index (χ3n) is 5.58. The molecule has 28 heavy (non-hydrogen) atoms. The molecule has 1 heterocycles. The number of benzene rings is 1. The third-order valence-corrected chi connectivity index (χ3v) is 5.58. The van der Waals surface area contributed by atoms with E-state index in [9.17, 15) is 13.2 Å². The van der Waals surface area contributed by atoms with Gasteiger partial charge >= 0.3 is 6.18 Å². The highest BCUT2D eigenvalue weighted by atomic mass is 19.4. The fraction of sp³-hybridized carbons (Fsp3) is 0.650. The highest BCUT2D eigenvalue weighted by Crippen LogP contribution is 2.48. The monoisotopic (exact) mass is 399 g/mol. The number of aliphatic imine (C=N–C) groups is 1. The van der Waals surface area contributed by atoms with E-state index in [1.165, 1.54) is 25.0 Å². The minimum Gasteiger partial charge on any atom is -0.385 e. The van der Waals surface area contributed by atoms with E-state index in [4.69, 9.17) is 9.47 Å². The van der Waals surface area contributed by atoms with Crippen LogP contribution in [0.4, 0.5) is 13.2 Å². The number of hydrogen-bond acceptors (Lipinski definition) is 3. The second-order valence-electron chi connectivity index (χ2n) is 7.57. The average Bonchev–Trinajstić information content (AvgIpc) is 3.47. The SMILES string of the molecule is CN=C(NCC1(CCOC)CC1)N1CCOC(c2cccc(C(F)(F)F)c2)C1. The summed E-state index contributed by atoms with van der Waals surface area (Å²) < 4.78 is 50.0. The Morgan fingerprint density at radius 2 is 2.18 bits per heavy atom. The summed E-state index contributed by atoms with van der Waals surface area (Å²) in [5.41, 5.74) is 0.161. The molecule has 1 N–H and O–H groups in total. The number of alkyl halides is 3. The molecule has 1 atom stereocenters. The van der Waals surface area contributed by atoms with E-state index in [1.807, 2.05) is 0 Å². The number of methoxy groups -OCH3 is 1. The van der Waals surface area contributed by atoms with Gasteiger partial charge in [0.1, 0.15) is 6.10 Å². The van der Waals surface area contributed by atoms with Gasteiger partial charge in [-0.2, -0.15) is 13.2 Å². The first kappa shape index (κ1) is 20.9. The number of guanidine groups is 1. The lowest BCUT2D eigenvalue weighted by molar-refractivity contribution is -0.137. The molecule has 0 amide bonds. The smallest absolute Gasteiger partial charge is 0.385 e. The first-order valence-corrected chi connectivity index (χ1v) is 9.60. The summed E-state index contributed by atoms with van der Waals surface area (Å²) in [5.74, 6) is 0.768. The van der Waals surface area contributed by atoms with Gasteiger partial charge in [-0.1, -0.05) is 12.1 Å². The lowest BCUT2D eigenvalue weighted by Gasteiger charge is -2.36. The topological polar surface area (TPSA) is 46.1 Å². The van der Waals surface area contributed by atoms with Gasteiger partial charge in [0.05, 0.1) is 18.7 Å². The predicted molar refractivity (Wildman–Crippen MR) is 101 cm³/mol. The van der Waals surface area contributed by atoms with Crippen LogP contribution in [0.3, 0.4) is 0 Å². The van der Waals surface area contributed by atoms with Crippen molar-refractivity contribution in [1.29, 1.82) is 0 Å². The predicted octanol–water partition coefficient (Wildman–Crippen LogP) is 3.47. The molecule has 5 nitrogen and oxygen atoms in total. The Labute approximate surface area is 163 Å². The second kappa shape index (κ2) is 8.69. The Kier molecular flexibility index (Phi) is 6.50. The van der Waals surface area contributed by atoms with Crippen LogP contribution >= 0.6 is 0 Å². The van der Waals surface area contributed by atoms with Gasteiger partial charge < -0.3 is 19.7 Å². The summed E-state index contributed by atoms with van der Waals surface area (Å²) in [4.78, 5) is 6.43. The largest absolute Gasteiger partial charge is 0.416 e. The summed E-state index contributed by atoms with van der Waals surface area (Å²) in [6, 6.07) is 5.37. The molecule has 0 radical (unpaired) electrons. The van der Waals surface area contributed by atoms with Crippen molar-refractivity contribution in [1.82, 2.24) is 10.2 Å². The zero-order valence-corrected chi connectivity index (χ0v) is 16.4. The minimum absolute atomic E-state index is 0.276. The molecule has 1 aliphatic heterocycles. The van der Waals surface area contributed by atoms with Gasteiger partial charge in [0, 0.05) is 33.9 Å². The molecule has 1 aliphatic carbocycles. The molecule has 2 aliphatic rings. The fourth-order valence-electron chi connectivity index (χ4n) is 3.57. The van der Waals surface area contributed by atoms with Gasteiger partial charge in [-0.25, -0.2) is 0 Å². The van der Waals surface area contributed by atoms with E-state index in [2.05, 4.69) is 15.2 Å². The van der Waals surface area contributed by atoms with Crippen molar-refractivity contribution in [2.75, 3.05) is 47.0 Å². The van der Waals surface area contributed by atoms with Crippen LogP contribution in [0.25, 0.3) is 0 Å². The normalized spacial score (nSPS) is 22.2. The molecule has 1 aromatic rings. The Morgan fingerprint density at radius 1 is 1.39 bits per heavy atom. The number of hydrogen-bond donors (Lipinski definition) is 1.